The molecule has 0 heterocycles. The highest BCUT2D eigenvalue weighted by Gasteiger charge is 2.17. The molecule has 5 heteroatoms. The van der Waals surface area contributed by atoms with Crippen LogP contribution in [0.25, 0.3) is 0 Å². The van der Waals surface area contributed by atoms with Gasteiger partial charge in [-0.2, -0.15) is 0 Å². The summed E-state index contributed by atoms with van der Waals surface area (Å²) in [5, 5.41) is 0. The molecule has 0 radical (unpaired) electrons. The van der Waals surface area contributed by atoms with Gasteiger partial charge in [0.25, 0.3) is 5.91 Å². The Hall–Kier alpha value is -1.90. The summed E-state index contributed by atoms with van der Waals surface area (Å²) in [7, 11) is 0. The lowest BCUT2D eigenvalue weighted by Crippen LogP contribution is -2.34. The third-order valence-electron chi connectivity index (χ3n) is 2.92. The fourth-order valence-electron chi connectivity index (χ4n) is 1.85. The number of halogens is 1. The standard InChI is InChI=1S/C16H21FN2O2/c1-3-19(10-11-21-4-2)16(20)15-8-7-14(17)12-13(15)6-5-9-18/h7-8,12H,3-4,9-11,18H2,1-2H3. The van der Waals surface area contributed by atoms with Crippen LogP contribution in [-0.4, -0.2) is 43.7 Å². The lowest BCUT2D eigenvalue weighted by atomic mass is 10.1. The van der Waals surface area contributed by atoms with Crippen LogP contribution >= 0.6 is 0 Å². The second kappa shape index (κ2) is 9.11. The maximum atomic E-state index is 13.3. The van der Waals surface area contributed by atoms with Crippen LogP contribution in [0.3, 0.4) is 0 Å². The van der Waals surface area contributed by atoms with Crippen LogP contribution in [0.5, 0.6) is 0 Å². The van der Waals surface area contributed by atoms with E-state index in [-0.39, 0.29) is 12.5 Å². The molecule has 0 atom stereocenters. The minimum absolute atomic E-state index is 0.159. The predicted octanol–water partition coefficient (Wildman–Crippen LogP) is 1.63. The highest BCUT2D eigenvalue weighted by Crippen LogP contribution is 2.13. The van der Waals surface area contributed by atoms with E-state index < -0.39 is 5.82 Å². The monoisotopic (exact) mass is 292 g/mol. The molecule has 0 fully saturated rings. The lowest BCUT2D eigenvalue weighted by molar-refractivity contribution is 0.0669. The third kappa shape index (κ3) is 5.18. The summed E-state index contributed by atoms with van der Waals surface area (Å²) in [5.41, 5.74) is 6.07. The van der Waals surface area contributed by atoms with Crippen molar-refractivity contribution in [2.45, 2.75) is 13.8 Å². The van der Waals surface area contributed by atoms with Crippen LogP contribution in [0.1, 0.15) is 29.8 Å². The van der Waals surface area contributed by atoms with Crippen molar-refractivity contribution in [3.63, 3.8) is 0 Å². The summed E-state index contributed by atoms with van der Waals surface area (Å²) >= 11 is 0. The van der Waals surface area contributed by atoms with Crippen molar-refractivity contribution in [1.29, 1.82) is 0 Å². The second-order valence-corrected chi connectivity index (χ2v) is 4.28. The zero-order valence-corrected chi connectivity index (χ0v) is 12.5. The van der Waals surface area contributed by atoms with Crippen molar-refractivity contribution in [3.05, 3.63) is 35.1 Å². The molecule has 4 nitrogen and oxygen atoms in total. The number of carbonyl (C=O) groups is 1. The molecule has 2 N–H and O–H groups in total. The predicted molar refractivity (Wildman–Crippen MR) is 80.4 cm³/mol. The highest BCUT2D eigenvalue weighted by molar-refractivity contribution is 5.96. The minimum atomic E-state index is -0.426. The SMILES string of the molecule is CCOCCN(CC)C(=O)c1ccc(F)cc1C#CCN. The number of nitrogens with zero attached hydrogens (tertiary/aromatic N) is 1. The molecule has 0 aliphatic carbocycles. The molecule has 1 aromatic carbocycles. The average molecular weight is 292 g/mol. The van der Waals surface area contributed by atoms with Gasteiger partial charge in [0.05, 0.1) is 18.7 Å². The van der Waals surface area contributed by atoms with E-state index in [9.17, 15) is 9.18 Å². The van der Waals surface area contributed by atoms with Gasteiger partial charge in [0, 0.05) is 25.3 Å². The zero-order valence-electron chi connectivity index (χ0n) is 12.5. The number of ether oxygens (including phenoxy) is 1. The first kappa shape index (κ1) is 17.2. The summed E-state index contributed by atoms with van der Waals surface area (Å²) < 4.78 is 18.6. The molecule has 0 saturated heterocycles. The maximum Gasteiger partial charge on any atom is 0.255 e. The number of hydrogen-bond donors (Lipinski definition) is 1. The number of hydrogen-bond acceptors (Lipinski definition) is 3. The molecule has 1 amide bonds. The summed E-state index contributed by atoms with van der Waals surface area (Å²) in [4.78, 5) is 14.2. The van der Waals surface area contributed by atoms with Gasteiger partial charge in [0.2, 0.25) is 0 Å². The van der Waals surface area contributed by atoms with Crippen LogP contribution < -0.4 is 5.73 Å². The first-order valence-corrected chi connectivity index (χ1v) is 6.99. The molecule has 0 spiro atoms. The van der Waals surface area contributed by atoms with Crippen LogP contribution in [0.4, 0.5) is 4.39 Å². The Kier molecular flexibility index (Phi) is 7.44. The third-order valence-corrected chi connectivity index (χ3v) is 2.92. The van der Waals surface area contributed by atoms with Crippen LogP contribution in [0.2, 0.25) is 0 Å². The smallest absolute Gasteiger partial charge is 0.255 e. The number of amides is 1. The number of benzene rings is 1. The molecule has 0 aliphatic heterocycles. The Balaban J connectivity index is 2.98. The maximum absolute atomic E-state index is 13.3. The van der Waals surface area contributed by atoms with E-state index >= 15 is 0 Å². The summed E-state index contributed by atoms with van der Waals surface area (Å²) in [6.07, 6.45) is 0. The van der Waals surface area contributed by atoms with Gasteiger partial charge in [0.15, 0.2) is 0 Å². The van der Waals surface area contributed by atoms with Crippen molar-refractivity contribution in [2.24, 2.45) is 5.73 Å². The van der Waals surface area contributed by atoms with Crippen LogP contribution in [0, 0.1) is 17.7 Å². The topological polar surface area (TPSA) is 55.6 Å². The van der Waals surface area contributed by atoms with E-state index in [4.69, 9.17) is 10.5 Å². The van der Waals surface area contributed by atoms with Crippen LogP contribution in [-0.2, 0) is 4.74 Å². The van der Waals surface area contributed by atoms with Gasteiger partial charge in [0.1, 0.15) is 5.82 Å². The first-order chi connectivity index (χ1) is 10.1. The van der Waals surface area contributed by atoms with Gasteiger partial charge >= 0.3 is 0 Å². The van der Waals surface area contributed by atoms with E-state index in [2.05, 4.69) is 11.8 Å². The van der Waals surface area contributed by atoms with Gasteiger partial charge in [-0.25, -0.2) is 4.39 Å². The number of carbonyl (C=O) groups excluding carboxylic acids is 1. The number of likely N-dealkylation sites (N-methyl/N-ethyl adjacent to an activating group) is 1. The number of nitrogens with two attached hydrogens (primary N) is 1. The normalized spacial score (nSPS) is 9.90. The van der Waals surface area contributed by atoms with E-state index in [1.54, 1.807) is 4.90 Å². The zero-order chi connectivity index (χ0) is 15.7. The Bertz CT molecular complexity index is 535. The summed E-state index contributed by atoms with van der Waals surface area (Å²) in [5.74, 6) is 4.79. The molecule has 114 valence electrons. The van der Waals surface area contributed by atoms with Gasteiger partial charge in [-0.1, -0.05) is 11.8 Å². The molecule has 0 saturated carbocycles. The fraction of sp³-hybridized carbons (Fsp3) is 0.438. The molecule has 0 bridgehead atoms. The highest BCUT2D eigenvalue weighted by atomic mass is 19.1. The van der Waals surface area contributed by atoms with E-state index in [0.29, 0.717) is 37.4 Å². The van der Waals surface area contributed by atoms with E-state index in [0.717, 1.165) is 0 Å². The molecule has 1 aromatic rings. The van der Waals surface area contributed by atoms with Crippen molar-refractivity contribution >= 4 is 5.91 Å². The fourth-order valence-corrected chi connectivity index (χ4v) is 1.85. The molecular formula is C16H21FN2O2. The molecule has 0 aromatic heterocycles. The summed E-state index contributed by atoms with van der Waals surface area (Å²) in [6.45, 7) is 6.07. The second-order valence-electron chi connectivity index (χ2n) is 4.28. The summed E-state index contributed by atoms with van der Waals surface area (Å²) in [6, 6.07) is 3.98. The van der Waals surface area contributed by atoms with Gasteiger partial charge in [-0.3, -0.25) is 4.79 Å². The molecule has 21 heavy (non-hydrogen) atoms. The minimum Gasteiger partial charge on any atom is -0.380 e. The first-order valence-electron chi connectivity index (χ1n) is 6.99. The van der Waals surface area contributed by atoms with Crippen molar-refractivity contribution in [1.82, 2.24) is 4.90 Å². The quantitative estimate of drug-likeness (QED) is 0.640. The van der Waals surface area contributed by atoms with Gasteiger partial charge in [-0.05, 0) is 32.0 Å². The largest absolute Gasteiger partial charge is 0.380 e. The number of rotatable bonds is 6. The van der Waals surface area contributed by atoms with Crippen molar-refractivity contribution < 1.29 is 13.9 Å². The Morgan fingerprint density at radius 3 is 2.81 bits per heavy atom. The molecule has 0 unspecified atom stereocenters. The van der Waals surface area contributed by atoms with Crippen molar-refractivity contribution in [2.75, 3.05) is 32.8 Å². The Labute approximate surface area is 125 Å². The average Bonchev–Trinajstić information content (AvgIpc) is 2.49. The molecule has 0 aliphatic rings. The van der Waals surface area contributed by atoms with Crippen LogP contribution in [0.15, 0.2) is 18.2 Å². The Morgan fingerprint density at radius 1 is 1.43 bits per heavy atom. The Morgan fingerprint density at radius 2 is 2.19 bits per heavy atom. The van der Waals surface area contributed by atoms with Gasteiger partial charge < -0.3 is 15.4 Å². The van der Waals surface area contributed by atoms with Gasteiger partial charge in [-0.15, -0.1) is 0 Å². The molecule has 1 rings (SSSR count). The van der Waals surface area contributed by atoms with E-state index in [1.807, 2.05) is 13.8 Å². The lowest BCUT2D eigenvalue weighted by Gasteiger charge is -2.21. The molecular weight excluding hydrogens is 271 g/mol. The van der Waals surface area contributed by atoms with E-state index in [1.165, 1.54) is 18.2 Å². The van der Waals surface area contributed by atoms with Crippen molar-refractivity contribution in [3.8, 4) is 11.8 Å².